The monoisotopic (exact) mass is 344 g/mol. The Morgan fingerprint density at radius 1 is 1.10 bits per heavy atom. The number of sulfonamides is 1. The quantitative estimate of drug-likeness (QED) is 0.826. The molecule has 0 atom stereocenters. The molecule has 0 bridgehead atoms. The Labute approximate surface area is 133 Å². The van der Waals surface area contributed by atoms with Crippen LogP contribution in [0.1, 0.15) is 11.1 Å². The van der Waals surface area contributed by atoms with Crippen molar-refractivity contribution in [3.05, 3.63) is 51.5 Å². The lowest BCUT2D eigenvalue weighted by atomic mass is 10.2. The zero-order valence-electron chi connectivity index (χ0n) is 11.4. The minimum Gasteiger partial charge on any atom is -0.398 e. The first-order chi connectivity index (χ1) is 9.70. The van der Waals surface area contributed by atoms with Gasteiger partial charge in [0, 0.05) is 10.7 Å². The first kappa shape index (κ1) is 15.9. The van der Waals surface area contributed by atoms with Gasteiger partial charge in [-0.25, -0.2) is 8.42 Å². The van der Waals surface area contributed by atoms with Crippen LogP contribution in [0.2, 0.25) is 10.0 Å². The molecule has 7 heteroatoms. The van der Waals surface area contributed by atoms with E-state index in [1.54, 1.807) is 25.1 Å². The van der Waals surface area contributed by atoms with Crippen molar-refractivity contribution in [2.24, 2.45) is 0 Å². The van der Waals surface area contributed by atoms with Gasteiger partial charge in [0.2, 0.25) is 0 Å². The second-order valence-electron chi connectivity index (χ2n) is 4.71. The minimum absolute atomic E-state index is 0.0316. The molecule has 0 fully saturated rings. The summed E-state index contributed by atoms with van der Waals surface area (Å²) < 4.78 is 27.4. The van der Waals surface area contributed by atoms with Gasteiger partial charge in [0.1, 0.15) is 0 Å². The average Bonchev–Trinajstić information content (AvgIpc) is 2.37. The molecule has 0 aliphatic carbocycles. The highest BCUT2D eigenvalue weighted by molar-refractivity contribution is 7.92. The first-order valence-corrected chi connectivity index (χ1v) is 8.29. The van der Waals surface area contributed by atoms with Gasteiger partial charge in [0.15, 0.2) is 0 Å². The van der Waals surface area contributed by atoms with E-state index in [4.69, 9.17) is 28.9 Å². The van der Waals surface area contributed by atoms with E-state index in [2.05, 4.69) is 4.72 Å². The van der Waals surface area contributed by atoms with Crippen LogP contribution in [0.15, 0.2) is 35.2 Å². The van der Waals surface area contributed by atoms with Crippen molar-refractivity contribution < 1.29 is 8.42 Å². The molecule has 0 unspecified atom stereocenters. The lowest BCUT2D eigenvalue weighted by Gasteiger charge is -2.13. The fourth-order valence-corrected chi connectivity index (χ4v) is 3.87. The second-order valence-corrected chi connectivity index (χ2v) is 7.20. The smallest absolute Gasteiger partial charge is 0.262 e. The third-order valence-electron chi connectivity index (χ3n) is 3.02. The zero-order valence-corrected chi connectivity index (χ0v) is 13.8. The number of benzene rings is 2. The van der Waals surface area contributed by atoms with E-state index in [1.165, 1.54) is 12.1 Å². The Hall–Kier alpha value is -1.43. The Morgan fingerprint density at radius 2 is 1.76 bits per heavy atom. The van der Waals surface area contributed by atoms with Gasteiger partial charge in [-0.3, -0.25) is 4.72 Å². The lowest BCUT2D eigenvalue weighted by molar-refractivity contribution is 0.600. The fourth-order valence-electron chi connectivity index (χ4n) is 1.86. The molecule has 0 aliphatic heterocycles. The first-order valence-electron chi connectivity index (χ1n) is 6.05. The van der Waals surface area contributed by atoms with Crippen molar-refractivity contribution in [3.63, 3.8) is 0 Å². The summed E-state index contributed by atoms with van der Waals surface area (Å²) in [6, 6.07) is 7.92. The largest absolute Gasteiger partial charge is 0.398 e. The molecule has 0 radical (unpaired) electrons. The number of aryl methyl sites for hydroxylation is 1. The van der Waals surface area contributed by atoms with Gasteiger partial charge in [-0.1, -0.05) is 29.3 Å². The molecular weight excluding hydrogens is 331 g/mol. The Kier molecular flexibility index (Phi) is 4.37. The SMILES string of the molecule is Cc1ccc(NS(=O)(=O)c2cc(Cl)cc(N)c2C)c(Cl)c1. The van der Waals surface area contributed by atoms with Gasteiger partial charge in [0.05, 0.1) is 15.6 Å². The molecular formula is C14H14Cl2N2O2S. The molecule has 0 spiro atoms. The predicted molar refractivity (Wildman–Crippen MR) is 87.6 cm³/mol. The summed E-state index contributed by atoms with van der Waals surface area (Å²) in [5.41, 5.74) is 7.76. The molecule has 0 saturated carbocycles. The number of hydrogen-bond acceptors (Lipinski definition) is 3. The van der Waals surface area contributed by atoms with Crippen LogP contribution in [-0.4, -0.2) is 8.42 Å². The molecule has 3 N–H and O–H groups in total. The van der Waals surface area contributed by atoms with Crippen LogP contribution in [0.3, 0.4) is 0 Å². The third-order valence-corrected chi connectivity index (χ3v) is 5.05. The molecule has 0 aromatic heterocycles. The molecule has 2 rings (SSSR count). The summed E-state index contributed by atoms with van der Waals surface area (Å²) in [5, 5.41) is 0.583. The summed E-state index contributed by atoms with van der Waals surface area (Å²) in [6.45, 7) is 3.49. The number of hydrogen-bond donors (Lipinski definition) is 2. The molecule has 0 saturated heterocycles. The van der Waals surface area contributed by atoms with Gasteiger partial charge in [0.25, 0.3) is 10.0 Å². The molecule has 2 aromatic rings. The molecule has 21 heavy (non-hydrogen) atoms. The fraction of sp³-hybridized carbons (Fsp3) is 0.143. The van der Waals surface area contributed by atoms with Crippen LogP contribution in [0, 0.1) is 13.8 Å². The van der Waals surface area contributed by atoms with Crippen molar-refractivity contribution in [1.29, 1.82) is 0 Å². The minimum atomic E-state index is -3.82. The number of halogens is 2. The van der Waals surface area contributed by atoms with E-state index in [0.29, 0.717) is 22.0 Å². The summed E-state index contributed by atoms with van der Waals surface area (Å²) in [4.78, 5) is 0.0316. The van der Waals surface area contributed by atoms with Crippen molar-refractivity contribution in [2.75, 3.05) is 10.5 Å². The number of nitrogen functional groups attached to an aromatic ring is 1. The maximum absolute atomic E-state index is 12.5. The highest BCUT2D eigenvalue weighted by Crippen LogP contribution is 2.30. The number of nitrogens with one attached hydrogen (secondary N) is 1. The van der Waals surface area contributed by atoms with Crippen molar-refractivity contribution >= 4 is 44.6 Å². The van der Waals surface area contributed by atoms with E-state index in [-0.39, 0.29) is 9.92 Å². The van der Waals surface area contributed by atoms with E-state index in [1.807, 2.05) is 6.92 Å². The maximum Gasteiger partial charge on any atom is 0.262 e. The zero-order chi connectivity index (χ0) is 15.8. The molecule has 0 heterocycles. The summed E-state index contributed by atoms with van der Waals surface area (Å²) in [6.07, 6.45) is 0. The van der Waals surface area contributed by atoms with Crippen LogP contribution < -0.4 is 10.5 Å². The van der Waals surface area contributed by atoms with Gasteiger partial charge in [-0.15, -0.1) is 0 Å². The summed E-state index contributed by atoms with van der Waals surface area (Å²) in [5.74, 6) is 0. The number of anilines is 2. The van der Waals surface area contributed by atoms with Crippen LogP contribution in [-0.2, 0) is 10.0 Å². The van der Waals surface area contributed by atoms with E-state index in [0.717, 1.165) is 5.56 Å². The van der Waals surface area contributed by atoms with Crippen LogP contribution >= 0.6 is 23.2 Å². The highest BCUT2D eigenvalue weighted by atomic mass is 35.5. The molecule has 2 aromatic carbocycles. The Balaban J connectivity index is 2.48. The maximum atomic E-state index is 12.5. The summed E-state index contributed by atoms with van der Waals surface area (Å²) in [7, 11) is -3.82. The van der Waals surface area contributed by atoms with Crippen molar-refractivity contribution in [3.8, 4) is 0 Å². The molecule has 112 valence electrons. The van der Waals surface area contributed by atoms with Gasteiger partial charge >= 0.3 is 0 Å². The van der Waals surface area contributed by atoms with Gasteiger partial charge < -0.3 is 5.73 Å². The lowest BCUT2D eigenvalue weighted by Crippen LogP contribution is -2.15. The average molecular weight is 345 g/mol. The Bertz CT molecular complexity index is 805. The number of nitrogens with two attached hydrogens (primary N) is 1. The molecule has 0 aliphatic rings. The van der Waals surface area contributed by atoms with Crippen LogP contribution in [0.4, 0.5) is 11.4 Å². The molecule has 4 nitrogen and oxygen atoms in total. The molecule has 0 amide bonds. The van der Waals surface area contributed by atoms with Gasteiger partial charge in [-0.2, -0.15) is 0 Å². The normalized spacial score (nSPS) is 11.4. The third kappa shape index (κ3) is 3.43. The highest BCUT2D eigenvalue weighted by Gasteiger charge is 2.20. The van der Waals surface area contributed by atoms with Gasteiger partial charge in [-0.05, 0) is 49.2 Å². The number of rotatable bonds is 3. The van der Waals surface area contributed by atoms with Crippen molar-refractivity contribution in [2.45, 2.75) is 18.7 Å². The van der Waals surface area contributed by atoms with Crippen molar-refractivity contribution in [1.82, 2.24) is 0 Å². The standard InChI is InChI=1S/C14H14Cl2N2O2S/c1-8-3-4-13(11(16)5-8)18-21(19,20)14-7-10(15)6-12(17)9(14)2/h3-7,18H,17H2,1-2H3. The van der Waals surface area contributed by atoms with E-state index >= 15 is 0 Å². The predicted octanol–water partition coefficient (Wildman–Crippen LogP) is 3.99. The summed E-state index contributed by atoms with van der Waals surface area (Å²) >= 11 is 11.9. The second kappa shape index (κ2) is 5.75. The van der Waals surface area contributed by atoms with E-state index < -0.39 is 10.0 Å². The Morgan fingerprint density at radius 3 is 2.38 bits per heavy atom. The van der Waals surface area contributed by atoms with Crippen LogP contribution in [0.25, 0.3) is 0 Å². The van der Waals surface area contributed by atoms with E-state index in [9.17, 15) is 8.42 Å². The van der Waals surface area contributed by atoms with Crippen LogP contribution in [0.5, 0.6) is 0 Å². The topological polar surface area (TPSA) is 72.2 Å².